The lowest BCUT2D eigenvalue weighted by Crippen LogP contribution is -2.46. The fourth-order valence-corrected chi connectivity index (χ4v) is 2.55. The molecule has 2 aliphatic rings. The van der Waals surface area contributed by atoms with Crippen molar-refractivity contribution in [2.24, 2.45) is 5.92 Å². The minimum Gasteiger partial charge on any atom is -0.481 e. The van der Waals surface area contributed by atoms with Gasteiger partial charge in [0.05, 0.1) is 5.92 Å². The number of urea groups is 1. The SMILES string of the molecule is CC1C(C(=O)O)CCN1C(=O)NC1CC=CC1. The van der Waals surface area contributed by atoms with E-state index in [4.69, 9.17) is 5.11 Å². The van der Waals surface area contributed by atoms with E-state index in [-0.39, 0.29) is 18.1 Å². The van der Waals surface area contributed by atoms with E-state index in [1.54, 1.807) is 11.8 Å². The van der Waals surface area contributed by atoms with Crippen molar-refractivity contribution >= 4 is 12.0 Å². The Bertz CT molecular complexity index is 346. The van der Waals surface area contributed by atoms with Crippen LogP contribution in [0.1, 0.15) is 26.2 Å². The van der Waals surface area contributed by atoms with E-state index < -0.39 is 11.9 Å². The molecule has 17 heavy (non-hydrogen) atoms. The van der Waals surface area contributed by atoms with Crippen molar-refractivity contribution < 1.29 is 14.7 Å². The summed E-state index contributed by atoms with van der Waals surface area (Å²) in [6.45, 7) is 2.34. The Kier molecular flexibility index (Phi) is 3.36. The maximum absolute atomic E-state index is 12.0. The number of hydrogen-bond donors (Lipinski definition) is 2. The second kappa shape index (κ2) is 4.77. The molecule has 2 atom stereocenters. The number of aliphatic carboxylic acids is 1. The molecule has 0 aromatic carbocycles. The monoisotopic (exact) mass is 238 g/mol. The van der Waals surface area contributed by atoms with E-state index in [1.807, 2.05) is 0 Å². The first-order valence-electron chi connectivity index (χ1n) is 6.04. The third-order valence-electron chi connectivity index (χ3n) is 3.67. The van der Waals surface area contributed by atoms with Crippen LogP contribution in [-0.2, 0) is 4.79 Å². The van der Waals surface area contributed by atoms with Gasteiger partial charge in [0.2, 0.25) is 0 Å². The number of nitrogens with zero attached hydrogens (tertiary/aromatic N) is 1. The Morgan fingerprint density at radius 3 is 2.53 bits per heavy atom. The van der Waals surface area contributed by atoms with Crippen molar-refractivity contribution in [3.8, 4) is 0 Å². The summed E-state index contributed by atoms with van der Waals surface area (Å²) in [6, 6.07) is -0.171. The first-order chi connectivity index (χ1) is 8.09. The summed E-state index contributed by atoms with van der Waals surface area (Å²) in [6.07, 6.45) is 6.40. The summed E-state index contributed by atoms with van der Waals surface area (Å²) in [4.78, 5) is 24.6. The minimum atomic E-state index is -0.810. The van der Waals surface area contributed by atoms with Gasteiger partial charge in [-0.3, -0.25) is 4.79 Å². The first-order valence-corrected chi connectivity index (χ1v) is 6.04. The molecule has 5 heteroatoms. The molecular formula is C12H18N2O3. The summed E-state index contributed by atoms with van der Waals surface area (Å²) in [7, 11) is 0. The zero-order chi connectivity index (χ0) is 12.4. The molecule has 2 rings (SSSR count). The van der Waals surface area contributed by atoms with Crippen LogP contribution in [0.3, 0.4) is 0 Å². The molecule has 2 N–H and O–H groups in total. The Balaban J connectivity index is 1.90. The Morgan fingerprint density at radius 2 is 2.00 bits per heavy atom. The Hall–Kier alpha value is -1.52. The standard InChI is InChI=1S/C12H18N2O3/c1-8-10(11(15)16)6-7-14(8)12(17)13-9-4-2-3-5-9/h2-3,8-10H,4-7H2,1H3,(H,13,17)(H,15,16). The third-order valence-corrected chi connectivity index (χ3v) is 3.67. The first kappa shape index (κ1) is 12.0. The number of carboxylic acid groups (broad SMARTS) is 1. The number of carbonyl (C=O) groups excluding carboxylic acids is 1. The largest absolute Gasteiger partial charge is 0.481 e. The van der Waals surface area contributed by atoms with Crippen LogP contribution >= 0.6 is 0 Å². The van der Waals surface area contributed by atoms with Gasteiger partial charge in [-0.1, -0.05) is 12.2 Å². The van der Waals surface area contributed by atoms with Crippen LogP contribution in [0, 0.1) is 5.92 Å². The number of likely N-dealkylation sites (tertiary alicyclic amines) is 1. The normalized spacial score (nSPS) is 28.6. The highest BCUT2D eigenvalue weighted by Crippen LogP contribution is 2.24. The number of carbonyl (C=O) groups is 2. The van der Waals surface area contributed by atoms with Crippen molar-refractivity contribution in [3.63, 3.8) is 0 Å². The molecule has 0 spiro atoms. The lowest BCUT2D eigenvalue weighted by molar-refractivity contribution is -0.142. The maximum Gasteiger partial charge on any atom is 0.317 e. The summed E-state index contributed by atoms with van der Waals surface area (Å²) in [5.74, 6) is -1.24. The molecule has 1 fully saturated rings. The summed E-state index contributed by atoms with van der Waals surface area (Å²) in [5.41, 5.74) is 0. The van der Waals surface area contributed by atoms with Gasteiger partial charge < -0.3 is 15.3 Å². The van der Waals surface area contributed by atoms with E-state index in [0.29, 0.717) is 13.0 Å². The molecule has 94 valence electrons. The highest BCUT2D eigenvalue weighted by molar-refractivity contribution is 5.78. The van der Waals surface area contributed by atoms with Crippen LogP contribution in [0.15, 0.2) is 12.2 Å². The number of nitrogens with one attached hydrogen (secondary N) is 1. The fraction of sp³-hybridized carbons (Fsp3) is 0.667. The van der Waals surface area contributed by atoms with Gasteiger partial charge in [0.25, 0.3) is 0 Å². The minimum absolute atomic E-state index is 0.130. The van der Waals surface area contributed by atoms with Crippen LogP contribution in [0.25, 0.3) is 0 Å². The summed E-state index contributed by atoms with van der Waals surface area (Å²) >= 11 is 0. The summed E-state index contributed by atoms with van der Waals surface area (Å²) in [5, 5.41) is 11.9. The molecule has 1 saturated heterocycles. The number of hydrogen-bond acceptors (Lipinski definition) is 2. The average Bonchev–Trinajstić information content (AvgIpc) is 2.86. The van der Waals surface area contributed by atoms with Gasteiger partial charge in [-0.25, -0.2) is 4.79 Å². The predicted octanol–water partition coefficient (Wildman–Crippen LogP) is 1.21. The topological polar surface area (TPSA) is 69.6 Å². The van der Waals surface area contributed by atoms with Gasteiger partial charge in [0.15, 0.2) is 0 Å². The maximum atomic E-state index is 12.0. The fourth-order valence-electron chi connectivity index (χ4n) is 2.55. The molecular weight excluding hydrogens is 220 g/mol. The van der Waals surface area contributed by atoms with Crippen LogP contribution in [0.2, 0.25) is 0 Å². The van der Waals surface area contributed by atoms with Crippen LogP contribution < -0.4 is 5.32 Å². The number of amides is 2. The molecule has 1 aliphatic heterocycles. The third kappa shape index (κ3) is 2.43. The lowest BCUT2D eigenvalue weighted by Gasteiger charge is -2.25. The number of carboxylic acids is 1. The molecule has 0 radical (unpaired) electrons. The van der Waals surface area contributed by atoms with E-state index in [0.717, 1.165) is 12.8 Å². The van der Waals surface area contributed by atoms with Gasteiger partial charge in [-0.2, -0.15) is 0 Å². The Labute approximate surface area is 100 Å². The smallest absolute Gasteiger partial charge is 0.317 e. The van der Waals surface area contributed by atoms with E-state index in [1.165, 1.54) is 0 Å². The molecule has 0 bridgehead atoms. The molecule has 0 aromatic rings. The molecule has 5 nitrogen and oxygen atoms in total. The van der Waals surface area contributed by atoms with Gasteiger partial charge >= 0.3 is 12.0 Å². The van der Waals surface area contributed by atoms with Crippen LogP contribution in [0.5, 0.6) is 0 Å². The average molecular weight is 238 g/mol. The van der Waals surface area contributed by atoms with Gasteiger partial charge in [-0.15, -0.1) is 0 Å². The van der Waals surface area contributed by atoms with Crippen molar-refractivity contribution in [2.75, 3.05) is 6.54 Å². The quantitative estimate of drug-likeness (QED) is 0.710. The van der Waals surface area contributed by atoms with Gasteiger partial charge in [-0.05, 0) is 26.2 Å². The molecule has 1 heterocycles. The van der Waals surface area contributed by atoms with Crippen molar-refractivity contribution in [3.05, 3.63) is 12.2 Å². The molecule has 2 amide bonds. The number of rotatable bonds is 2. The second-order valence-corrected chi connectivity index (χ2v) is 4.76. The zero-order valence-electron chi connectivity index (χ0n) is 9.93. The van der Waals surface area contributed by atoms with Crippen LogP contribution in [0.4, 0.5) is 4.79 Å². The van der Waals surface area contributed by atoms with Gasteiger partial charge in [0.1, 0.15) is 0 Å². The highest BCUT2D eigenvalue weighted by Gasteiger charge is 2.38. The van der Waals surface area contributed by atoms with Crippen LogP contribution in [-0.4, -0.2) is 40.6 Å². The van der Waals surface area contributed by atoms with E-state index in [2.05, 4.69) is 17.5 Å². The summed E-state index contributed by atoms with van der Waals surface area (Å²) < 4.78 is 0. The highest BCUT2D eigenvalue weighted by atomic mass is 16.4. The molecule has 2 unspecified atom stereocenters. The zero-order valence-corrected chi connectivity index (χ0v) is 9.93. The molecule has 0 aromatic heterocycles. The lowest BCUT2D eigenvalue weighted by atomic mass is 10.0. The molecule has 0 saturated carbocycles. The van der Waals surface area contributed by atoms with Crippen molar-refractivity contribution in [2.45, 2.75) is 38.3 Å². The Morgan fingerprint density at radius 1 is 1.35 bits per heavy atom. The second-order valence-electron chi connectivity index (χ2n) is 4.76. The van der Waals surface area contributed by atoms with E-state index >= 15 is 0 Å². The van der Waals surface area contributed by atoms with Gasteiger partial charge in [0, 0.05) is 18.6 Å². The van der Waals surface area contributed by atoms with E-state index in [9.17, 15) is 9.59 Å². The van der Waals surface area contributed by atoms with Crippen molar-refractivity contribution in [1.29, 1.82) is 0 Å². The molecule has 1 aliphatic carbocycles. The predicted molar refractivity (Wildman–Crippen MR) is 62.6 cm³/mol. The van der Waals surface area contributed by atoms with Crippen molar-refractivity contribution in [1.82, 2.24) is 10.2 Å².